The zero-order valence-electron chi connectivity index (χ0n) is 14.7. The van der Waals surface area contributed by atoms with Crippen molar-refractivity contribution in [3.8, 4) is 0 Å². The van der Waals surface area contributed by atoms with Crippen LogP contribution in [-0.4, -0.2) is 58.7 Å². The molecule has 6 nitrogen and oxygen atoms in total. The number of carbonyl (C=O) groups excluding carboxylic acids is 1. The van der Waals surface area contributed by atoms with Crippen molar-refractivity contribution >= 4 is 28.2 Å². The summed E-state index contributed by atoms with van der Waals surface area (Å²) >= 11 is 0. The average Bonchev–Trinajstić information content (AvgIpc) is 2.99. The Bertz CT molecular complexity index is 512. The monoisotopic (exact) mass is 382 g/mol. The maximum Gasteiger partial charge on any atom is 0.241 e. The van der Waals surface area contributed by atoms with E-state index in [0.717, 1.165) is 19.3 Å². The van der Waals surface area contributed by atoms with Crippen LogP contribution in [0.4, 0.5) is 0 Å². The van der Waals surface area contributed by atoms with Gasteiger partial charge in [-0.25, -0.2) is 8.42 Å². The summed E-state index contributed by atoms with van der Waals surface area (Å²) < 4.78 is 28.5. The zero-order chi connectivity index (χ0) is 17.0. The molecule has 0 aromatic heterocycles. The van der Waals surface area contributed by atoms with Gasteiger partial charge in [-0.3, -0.25) is 4.79 Å². The number of amides is 1. The SMILES string of the molecule is COCCC1(CNC(=O)C2(S(C)(=O)=O)CCNCC2)CCCC1.Cl. The first kappa shape index (κ1) is 21.7. The van der Waals surface area contributed by atoms with E-state index >= 15 is 0 Å². The Morgan fingerprint density at radius 3 is 2.25 bits per heavy atom. The number of carbonyl (C=O) groups is 1. The lowest BCUT2D eigenvalue weighted by atomic mass is 9.82. The fourth-order valence-corrected chi connectivity index (χ4v) is 5.34. The van der Waals surface area contributed by atoms with Crippen LogP contribution in [0, 0.1) is 5.41 Å². The molecule has 0 bridgehead atoms. The maximum absolute atomic E-state index is 12.8. The maximum atomic E-state index is 12.8. The molecule has 0 spiro atoms. The average molecular weight is 383 g/mol. The largest absolute Gasteiger partial charge is 0.385 e. The number of rotatable bonds is 7. The van der Waals surface area contributed by atoms with E-state index in [1.54, 1.807) is 7.11 Å². The number of hydrogen-bond donors (Lipinski definition) is 2. The topological polar surface area (TPSA) is 84.5 Å². The second-order valence-corrected chi connectivity index (χ2v) is 9.47. The van der Waals surface area contributed by atoms with Crippen LogP contribution in [-0.2, 0) is 19.4 Å². The van der Waals surface area contributed by atoms with Gasteiger partial charge in [0.1, 0.15) is 0 Å². The van der Waals surface area contributed by atoms with Crippen molar-refractivity contribution in [2.24, 2.45) is 5.41 Å². The molecule has 0 unspecified atom stereocenters. The van der Waals surface area contributed by atoms with Crippen molar-refractivity contribution in [2.75, 3.05) is 39.6 Å². The third-order valence-electron chi connectivity index (χ3n) is 5.66. The first-order valence-electron chi connectivity index (χ1n) is 8.53. The first-order valence-corrected chi connectivity index (χ1v) is 10.4. The summed E-state index contributed by atoms with van der Waals surface area (Å²) in [6, 6.07) is 0. The lowest BCUT2D eigenvalue weighted by molar-refractivity contribution is -0.124. The minimum Gasteiger partial charge on any atom is -0.385 e. The minimum atomic E-state index is -3.45. The van der Waals surface area contributed by atoms with Crippen LogP contribution in [0.2, 0.25) is 0 Å². The van der Waals surface area contributed by atoms with E-state index in [1.165, 1.54) is 19.1 Å². The second kappa shape index (κ2) is 8.83. The molecule has 142 valence electrons. The fraction of sp³-hybridized carbons (Fsp3) is 0.938. The molecule has 2 aliphatic rings. The summed E-state index contributed by atoms with van der Waals surface area (Å²) in [7, 11) is -1.76. The van der Waals surface area contributed by atoms with Gasteiger partial charge in [-0.1, -0.05) is 12.8 Å². The molecule has 0 aromatic rings. The molecule has 0 atom stereocenters. The molecule has 1 saturated heterocycles. The van der Waals surface area contributed by atoms with Gasteiger partial charge in [0.05, 0.1) is 0 Å². The number of sulfone groups is 1. The summed E-state index contributed by atoms with van der Waals surface area (Å²) in [6.07, 6.45) is 7.28. The molecular weight excluding hydrogens is 352 g/mol. The Balaban J connectivity index is 0.00000288. The van der Waals surface area contributed by atoms with Crippen molar-refractivity contribution < 1.29 is 17.9 Å². The van der Waals surface area contributed by atoms with E-state index in [2.05, 4.69) is 10.6 Å². The summed E-state index contributed by atoms with van der Waals surface area (Å²) in [4.78, 5) is 12.8. The number of nitrogens with one attached hydrogen (secondary N) is 2. The quantitative estimate of drug-likeness (QED) is 0.693. The third kappa shape index (κ3) is 4.62. The van der Waals surface area contributed by atoms with Crippen molar-refractivity contribution in [1.82, 2.24) is 10.6 Å². The molecule has 1 amide bonds. The molecule has 24 heavy (non-hydrogen) atoms. The van der Waals surface area contributed by atoms with Crippen LogP contribution >= 0.6 is 12.4 Å². The third-order valence-corrected chi connectivity index (χ3v) is 7.67. The minimum absolute atomic E-state index is 0. The summed E-state index contributed by atoms with van der Waals surface area (Å²) in [6.45, 7) is 2.36. The lowest BCUT2D eigenvalue weighted by Gasteiger charge is -2.36. The molecule has 0 radical (unpaired) electrons. The Hall–Kier alpha value is -0.370. The van der Waals surface area contributed by atoms with Gasteiger partial charge in [0.25, 0.3) is 0 Å². The number of hydrogen-bond acceptors (Lipinski definition) is 5. The van der Waals surface area contributed by atoms with Gasteiger partial charge in [-0.2, -0.15) is 0 Å². The zero-order valence-corrected chi connectivity index (χ0v) is 16.4. The van der Waals surface area contributed by atoms with Gasteiger partial charge in [0.2, 0.25) is 5.91 Å². The van der Waals surface area contributed by atoms with E-state index < -0.39 is 14.6 Å². The highest BCUT2D eigenvalue weighted by atomic mass is 35.5. The first-order chi connectivity index (χ1) is 10.9. The second-order valence-electron chi connectivity index (χ2n) is 7.15. The number of halogens is 1. The normalized spacial score (nSPS) is 22.6. The van der Waals surface area contributed by atoms with Gasteiger partial charge >= 0.3 is 0 Å². The number of ether oxygens (including phenoxy) is 1. The van der Waals surface area contributed by atoms with Gasteiger partial charge < -0.3 is 15.4 Å². The van der Waals surface area contributed by atoms with Crippen LogP contribution in [0.25, 0.3) is 0 Å². The van der Waals surface area contributed by atoms with Crippen molar-refractivity contribution in [1.29, 1.82) is 0 Å². The Labute approximate surface area is 151 Å². The van der Waals surface area contributed by atoms with E-state index in [-0.39, 0.29) is 23.7 Å². The van der Waals surface area contributed by atoms with Crippen molar-refractivity contribution in [2.45, 2.75) is 49.7 Å². The smallest absolute Gasteiger partial charge is 0.241 e. The van der Waals surface area contributed by atoms with Crippen LogP contribution < -0.4 is 10.6 Å². The molecule has 1 heterocycles. The highest BCUT2D eigenvalue weighted by Crippen LogP contribution is 2.41. The van der Waals surface area contributed by atoms with E-state index in [4.69, 9.17) is 4.74 Å². The Morgan fingerprint density at radius 2 is 1.75 bits per heavy atom. The standard InChI is InChI=1S/C16H30N2O4S.ClH/c1-22-12-9-15(5-3-4-6-15)13-18-14(19)16(23(2,20)21)7-10-17-11-8-16;/h17H,3-13H2,1-2H3,(H,18,19);1H. The van der Waals surface area contributed by atoms with Crippen LogP contribution in [0.3, 0.4) is 0 Å². The molecule has 2 fully saturated rings. The number of piperidine rings is 1. The summed E-state index contributed by atoms with van der Waals surface area (Å²) in [5.41, 5.74) is 0.0667. The summed E-state index contributed by atoms with van der Waals surface area (Å²) in [5.74, 6) is -0.315. The molecule has 8 heteroatoms. The molecule has 1 saturated carbocycles. The van der Waals surface area contributed by atoms with Gasteiger partial charge in [-0.05, 0) is 50.6 Å². The Morgan fingerprint density at radius 1 is 1.17 bits per heavy atom. The van der Waals surface area contributed by atoms with Gasteiger partial charge in [0.15, 0.2) is 14.6 Å². The molecule has 0 aromatic carbocycles. The van der Waals surface area contributed by atoms with Crippen LogP contribution in [0.1, 0.15) is 44.9 Å². The highest BCUT2D eigenvalue weighted by Gasteiger charge is 2.49. The number of methoxy groups -OCH3 is 1. The summed E-state index contributed by atoms with van der Waals surface area (Å²) in [5, 5.41) is 6.13. The van der Waals surface area contributed by atoms with Crippen molar-refractivity contribution in [3.05, 3.63) is 0 Å². The predicted octanol–water partition coefficient (Wildman–Crippen LogP) is 1.29. The predicted molar refractivity (Wildman–Crippen MR) is 97.3 cm³/mol. The molecule has 2 N–H and O–H groups in total. The van der Waals surface area contributed by atoms with Crippen LogP contribution in [0.15, 0.2) is 0 Å². The lowest BCUT2D eigenvalue weighted by Crippen LogP contribution is -2.58. The molecule has 1 aliphatic heterocycles. The van der Waals surface area contributed by atoms with Crippen molar-refractivity contribution in [3.63, 3.8) is 0 Å². The van der Waals surface area contributed by atoms with E-state index in [1.807, 2.05) is 0 Å². The fourth-order valence-electron chi connectivity index (χ4n) is 3.98. The molecular formula is C16H31ClN2O4S. The highest BCUT2D eigenvalue weighted by molar-refractivity contribution is 7.92. The van der Waals surface area contributed by atoms with Crippen LogP contribution in [0.5, 0.6) is 0 Å². The molecule has 2 rings (SSSR count). The van der Waals surface area contributed by atoms with Gasteiger partial charge in [-0.15, -0.1) is 12.4 Å². The van der Waals surface area contributed by atoms with Gasteiger partial charge in [0, 0.05) is 26.5 Å². The van der Waals surface area contributed by atoms with E-state index in [9.17, 15) is 13.2 Å². The van der Waals surface area contributed by atoms with E-state index in [0.29, 0.717) is 39.1 Å². The molecule has 1 aliphatic carbocycles. The Kier molecular flexibility index (Phi) is 7.97.